The zero-order valence-corrected chi connectivity index (χ0v) is 10.9. The number of hydrogen-bond acceptors (Lipinski definition) is 1. The van der Waals surface area contributed by atoms with Gasteiger partial charge in [-0.1, -0.05) is 5.92 Å². The number of aromatic nitrogens is 1. The molecule has 1 aliphatic carbocycles. The largest absolute Gasteiger partial charge is 0.406 e. The summed E-state index contributed by atoms with van der Waals surface area (Å²) >= 11 is 0. The van der Waals surface area contributed by atoms with E-state index in [4.69, 9.17) is 6.42 Å². The lowest BCUT2D eigenvalue weighted by atomic mass is 10.3. The molecule has 1 fully saturated rings. The highest BCUT2D eigenvalue weighted by atomic mass is 19.4. The predicted octanol–water partition coefficient (Wildman–Crippen LogP) is 2.54. The van der Waals surface area contributed by atoms with Crippen LogP contribution in [0.1, 0.15) is 23.3 Å². The van der Waals surface area contributed by atoms with Crippen LogP contribution in [0.25, 0.3) is 0 Å². The molecule has 3 nitrogen and oxygen atoms in total. The SMILES string of the molecule is C#CCN(CC1CC1)C(=O)c1cccn1CC(F)(F)F. The van der Waals surface area contributed by atoms with E-state index in [0.717, 1.165) is 17.4 Å². The molecule has 0 radical (unpaired) electrons. The fourth-order valence-corrected chi connectivity index (χ4v) is 2.04. The molecule has 0 unspecified atom stereocenters. The maximum absolute atomic E-state index is 12.5. The second-order valence-corrected chi connectivity index (χ2v) is 4.97. The van der Waals surface area contributed by atoms with E-state index in [0.29, 0.717) is 12.5 Å². The third-order valence-electron chi connectivity index (χ3n) is 3.14. The van der Waals surface area contributed by atoms with Crippen LogP contribution in [0.5, 0.6) is 0 Å². The Kier molecular flexibility index (Phi) is 4.07. The average molecular weight is 284 g/mol. The standard InChI is InChI=1S/C14H15F3N2O/c1-2-7-18(9-11-5-6-11)13(20)12-4-3-8-19(12)10-14(15,16)17/h1,3-4,8,11H,5-7,9-10H2. The molecule has 20 heavy (non-hydrogen) atoms. The molecule has 0 bridgehead atoms. The number of carbonyl (C=O) groups excluding carboxylic acids is 1. The lowest BCUT2D eigenvalue weighted by molar-refractivity contribution is -0.140. The first-order chi connectivity index (χ1) is 9.40. The molecular weight excluding hydrogens is 269 g/mol. The zero-order chi connectivity index (χ0) is 14.8. The molecule has 2 rings (SSSR count). The van der Waals surface area contributed by atoms with Gasteiger partial charge in [-0.3, -0.25) is 4.79 Å². The Hall–Kier alpha value is -1.90. The summed E-state index contributed by atoms with van der Waals surface area (Å²) in [5.41, 5.74) is 0.0261. The van der Waals surface area contributed by atoms with Crippen LogP contribution in [0.2, 0.25) is 0 Å². The Morgan fingerprint density at radius 3 is 2.75 bits per heavy atom. The second kappa shape index (κ2) is 5.61. The summed E-state index contributed by atoms with van der Waals surface area (Å²) < 4.78 is 38.3. The van der Waals surface area contributed by atoms with Crippen molar-refractivity contribution in [3.63, 3.8) is 0 Å². The summed E-state index contributed by atoms with van der Waals surface area (Å²) in [4.78, 5) is 13.8. The molecule has 0 saturated heterocycles. The Morgan fingerprint density at radius 1 is 1.50 bits per heavy atom. The van der Waals surface area contributed by atoms with Crippen LogP contribution in [0.3, 0.4) is 0 Å². The Bertz CT molecular complexity index is 523. The van der Waals surface area contributed by atoms with Gasteiger partial charge in [0.25, 0.3) is 5.91 Å². The van der Waals surface area contributed by atoms with Gasteiger partial charge in [0.15, 0.2) is 0 Å². The van der Waals surface area contributed by atoms with Crippen molar-refractivity contribution in [2.24, 2.45) is 5.92 Å². The van der Waals surface area contributed by atoms with E-state index in [1.807, 2.05) is 0 Å². The normalized spacial score (nSPS) is 14.9. The van der Waals surface area contributed by atoms with Gasteiger partial charge in [0, 0.05) is 12.7 Å². The molecule has 0 N–H and O–H groups in total. The van der Waals surface area contributed by atoms with Crippen molar-refractivity contribution in [2.45, 2.75) is 25.6 Å². The lowest BCUT2D eigenvalue weighted by Crippen LogP contribution is -2.35. The molecule has 1 heterocycles. The summed E-state index contributed by atoms with van der Waals surface area (Å²) in [6.07, 6.45) is 4.20. The quantitative estimate of drug-likeness (QED) is 0.763. The molecule has 1 aliphatic rings. The molecule has 6 heteroatoms. The van der Waals surface area contributed by atoms with E-state index in [9.17, 15) is 18.0 Å². The van der Waals surface area contributed by atoms with Gasteiger partial charge in [-0.2, -0.15) is 13.2 Å². The van der Waals surface area contributed by atoms with Crippen molar-refractivity contribution in [1.29, 1.82) is 0 Å². The van der Waals surface area contributed by atoms with Crippen LogP contribution < -0.4 is 0 Å². The first-order valence-electron chi connectivity index (χ1n) is 6.35. The Balaban J connectivity index is 2.14. The van der Waals surface area contributed by atoms with Gasteiger partial charge in [-0.25, -0.2) is 0 Å². The summed E-state index contributed by atoms with van der Waals surface area (Å²) in [6, 6.07) is 2.83. The molecule has 0 aliphatic heterocycles. The highest BCUT2D eigenvalue weighted by Gasteiger charge is 2.31. The number of amides is 1. The first kappa shape index (κ1) is 14.5. The average Bonchev–Trinajstić information content (AvgIpc) is 3.05. The molecule has 1 aromatic heterocycles. The summed E-state index contributed by atoms with van der Waals surface area (Å²) in [5, 5.41) is 0. The highest BCUT2D eigenvalue weighted by Crippen LogP contribution is 2.30. The molecule has 1 saturated carbocycles. The molecule has 1 amide bonds. The molecule has 0 spiro atoms. The minimum Gasteiger partial charge on any atom is -0.334 e. The fraction of sp³-hybridized carbons (Fsp3) is 0.500. The van der Waals surface area contributed by atoms with Crippen LogP contribution >= 0.6 is 0 Å². The zero-order valence-electron chi connectivity index (χ0n) is 10.9. The van der Waals surface area contributed by atoms with Crippen molar-refractivity contribution in [2.75, 3.05) is 13.1 Å². The van der Waals surface area contributed by atoms with E-state index < -0.39 is 18.6 Å². The summed E-state index contributed by atoms with van der Waals surface area (Å²) in [7, 11) is 0. The summed E-state index contributed by atoms with van der Waals surface area (Å²) in [5.74, 6) is 2.37. The number of hydrogen-bond donors (Lipinski definition) is 0. The van der Waals surface area contributed by atoms with Gasteiger partial charge in [0.05, 0.1) is 6.54 Å². The van der Waals surface area contributed by atoms with Crippen LogP contribution in [0.4, 0.5) is 13.2 Å². The van der Waals surface area contributed by atoms with E-state index in [2.05, 4.69) is 5.92 Å². The fourth-order valence-electron chi connectivity index (χ4n) is 2.04. The Morgan fingerprint density at radius 2 is 2.20 bits per heavy atom. The van der Waals surface area contributed by atoms with Crippen molar-refractivity contribution >= 4 is 5.91 Å². The number of rotatable bonds is 5. The van der Waals surface area contributed by atoms with Crippen LogP contribution in [0.15, 0.2) is 18.3 Å². The van der Waals surface area contributed by atoms with Crippen LogP contribution in [-0.2, 0) is 6.54 Å². The molecule has 0 atom stereocenters. The molecule has 108 valence electrons. The Labute approximate surface area is 115 Å². The maximum Gasteiger partial charge on any atom is 0.406 e. The van der Waals surface area contributed by atoms with Gasteiger partial charge >= 0.3 is 6.18 Å². The van der Waals surface area contributed by atoms with E-state index in [1.54, 1.807) is 0 Å². The third kappa shape index (κ3) is 3.80. The number of terminal acetylenes is 1. The second-order valence-electron chi connectivity index (χ2n) is 4.97. The monoisotopic (exact) mass is 284 g/mol. The minimum atomic E-state index is -4.36. The van der Waals surface area contributed by atoms with Crippen molar-refractivity contribution in [1.82, 2.24) is 9.47 Å². The predicted molar refractivity (Wildman–Crippen MR) is 67.9 cm³/mol. The van der Waals surface area contributed by atoms with Gasteiger partial charge in [-0.15, -0.1) is 6.42 Å². The topological polar surface area (TPSA) is 25.2 Å². The van der Waals surface area contributed by atoms with Gasteiger partial charge < -0.3 is 9.47 Å². The number of halogens is 3. The first-order valence-corrected chi connectivity index (χ1v) is 6.35. The molecule has 1 aromatic rings. The lowest BCUT2D eigenvalue weighted by Gasteiger charge is -2.21. The smallest absolute Gasteiger partial charge is 0.334 e. The summed E-state index contributed by atoms with van der Waals surface area (Å²) in [6.45, 7) is -0.541. The molecule has 0 aromatic carbocycles. The van der Waals surface area contributed by atoms with E-state index in [-0.39, 0.29) is 12.2 Å². The van der Waals surface area contributed by atoms with E-state index in [1.165, 1.54) is 23.2 Å². The highest BCUT2D eigenvalue weighted by molar-refractivity contribution is 5.93. The minimum absolute atomic E-state index is 0.0261. The third-order valence-corrected chi connectivity index (χ3v) is 3.14. The van der Waals surface area contributed by atoms with Crippen molar-refractivity contribution < 1.29 is 18.0 Å². The van der Waals surface area contributed by atoms with Crippen molar-refractivity contribution in [3.05, 3.63) is 24.0 Å². The van der Waals surface area contributed by atoms with Gasteiger partial charge in [-0.05, 0) is 30.9 Å². The van der Waals surface area contributed by atoms with Gasteiger partial charge in [0.1, 0.15) is 12.2 Å². The number of alkyl halides is 3. The maximum atomic E-state index is 12.5. The van der Waals surface area contributed by atoms with Crippen LogP contribution in [0, 0.1) is 18.3 Å². The van der Waals surface area contributed by atoms with Crippen molar-refractivity contribution in [3.8, 4) is 12.3 Å². The number of nitrogens with zero attached hydrogens (tertiary/aromatic N) is 2. The molecular formula is C14H15F3N2O. The van der Waals surface area contributed by atoms with E-state index >= 15 is 0 Å². The van der Waals surface area contributed by atoms with Gasteiger partial charge in [0.2, 0.25) is 0 Å². The number of carbonyl (C=O) groups is 1. The van der Waals surface area contributed by atoms with Crippen LogP contribution in [-0.4, -0.2) is 34.6 Å².